The first-order valence-corrected chi connectivity index (χ1v) is 6.40. The molecule has 2 N–H and O–H groups in total. The minimum atomic E-state index is -0.198. The average molecular weight is 248 g/mol. The van der Waals surface area contributed by atoms with Crippen LogP contribution in [0.15, 0.2) is 6.07 Å². The second-order valence-corrected chi connectivity index (χ2v) is 5.05. The molecule has 5 nitrogen and oxygen atoms in total. The molecule has 2 rings (SSSR count). The summed E-state index contributed by atoms with van der Waals surface area (Å²) in [6.07, 6.45) is 2.47. The van der Waals surface area contributed by atoms with E-state index in [4.69, 9.17) is 5.73 Å². The molecule has 0 aliphatic carbocycles. The minimum absolute atomic E-state index is 0.198. The van der Waals surface area contributed by atoms with Crippen LogP contribution in [0.2, 0.25) is 0 Å². The fraction of sp³-hybridized carbons (Fsp3) is 0.615. The molecule has 1 aliphatic rings. The number of piperidine rings is 1. The lowest BCUT2D eigenvalue weighted by Crippen LogP contribution is -2.36. The molecule has 0 atom stereocenters. The number of amides is 1. The number of hydrogen-bond donors (Lipinski definition) is 1. The van der Waals surface area contributed by atoms with E-state index in [2.05, 4.69) is 14.9 Å². The molecule has 1 fully saturated rings. The van der Waals surface area contributed by atoms with Crippen molar-refractivity contribution in [3.63, 3.8) is 0 Å². The molecule has 1 aromatic heterocycles. The highest BCUT2D eigenvalue weighted by molar-refractivity contribution is 5.74. The minimum Gasteiger partial charge on any atom is -0.370 e. The molecule has 1 aliphatic heterocycles. The Kier molecular flexibility index (Phi) is 3.79. The van der Waals surface area contributed by atoms with E-state index in [1.54, 1.807) is 0 Å². The standard InChI is InChI=1S/C13H20N4O/c1-9-7-10(2)16-13(15-9)17-5-3-11(4-6-17)8-12(14)18/h7,11H,3-6,8H2,1-2H3,(H2,14,18). The van der Waals surface area contributed by atoms with Gasteiger partial charge in [0.2, 0.25) is 11.9 Å². The van der Waals surface area contributed by atoms with Gasteiger partial charge in [-0.25, -0.2) is 9.97 Å². The molecule has 2 heterocycles. The second kappa shape index (κ2) is 5.33. The summed E-state index contributed by atoms with van der Waals surface area (Å²) in [6, 6.07) is 1.98. The van der Waals surface area contributed by atoms with Gasteiger partial charge in [-0.15, -0.1) is 0 Å². The van der Waals surface area contributed by atoms with E-state index in [0.717, 1.165) is 43.3 Å². The van der Waals surface area contributed by atoms with Gasteiger partial charge in [0, 0.05) is 30.9 Å². The number of aromatic nitrogens is 2. The third-order valence-corrected chi connectivity index (χ3v) is 3.36. The molecule has 5 heteroatoms. The summed E-state index contributed by atoms with van der Waals surface area (Å²) in [6.45, 7) is 5.78. The summed E-state index contributed by atoms with van der Waals surface area (Å²) in [5.74, 6) is 1.03. The van der Waals surface area contributed by atoms with E-state index >= 15 is 0 Å². The zero-order valence-electron chi connectivity index (χ0n) is 11.0. The number of carbonyl (C=O) groups excluding carboxylic acids is 1. The van der Waals surface area contributed by atoms with Crippen molar-refractivity contribution in [1.82, 2.24) is 9.97 Å². The van der Waals surface area contributed by atoms with Crippen molar-refractivity contribution in [3.05, 3.63) is 17.5 Å². The quantitative estimate of drug-likeness (QED) is 0.872. The monoisotopic (exact) mass is 248 g/mol. The summed E-state index contributed by atoms with van der Waals surface area (Å²) in [5, 5.41) is 0. The Morgan fingerprint density at radius 3 is 2.39 bits per heavy atom. The number of hydrogen-bond acceptors (Lipinski definition) is 4. The summed E-state index contributed by atoms with van der Waals surface area (Å²) in [5.41, 5.74) is 7.23. The third-order valence-electron chi connectivity index (χ3n) is 3.36. The lowest BCUT2D eigenvalue weighted by Gasteiger charge is -2.31. The predicted octanol–water partition coefficient (Wildman–Crippen LogP) is 1.19. The molecule has 0 unspecified atom stereocenters. The van der Waals surface area contributed by atoms with E-state index in [1.165, 1.54) is 0 Å². The zero-order chi connectivity index (χ0) is 13.1. The van der Waals surface area contributed by atoms with Crippen LogP contribution in [-0.4, -0.2) is 29.0 Å². The summed E-state index contributed by atoms with van der Waals surface area (Å²) >= 11 is 0. The SMILES string of the molecule is Cc1cc(C)nc(N2CCC(CC(N)=O)CC2)n1. The van der Waals surface area contributed by atoms with Gasteiger partial charge in [0.05, 0.1) is 0 Å². The van der Waals surface area contributed by atoms with E-state index in [1.807, 2.05) is 19.9 Å². The topological polar surface area (TPSA) is 72.1 Å². The molecule has 1 saturated heterocycles. The Bertz CT molecular complexity index is 418. The van der Waals surface area contributed by atoms with Crippen LogP contribution in [0.1, 0.15) is 30.7 Å². The Morgan fingerprint density at radius 2 is 1.89 bits per heavy atom. The highest BCUT2D eigenvalue weighted by Gasteiger charge is 2.22. The highest BCUT2D eigenvalue weighted by Crippen LogP contribution is 2.23. The number of nitrogens with zero attached hydrogens (tertiary/aromatic N) is 3. The van der Waals surface area contributed by atoms with Crippen molar-refractivity contribution in [2.24, 2.45) is 11.7 Å². The van der Waals surface area contributed by atoms with Crippen molar-refractivity contribution in [2.45, 2.75) is 33.1 Å². The Hall–Kier alpha value is -1.65. The number of aryl methyl sites for hydroxylation is 2. The lowest BCUT2D eigenvalue weighted by molar-refractivity contribution is -0.119. The lowest BCUT2D eigenvalue weighted by atomic mass is 9.93. The molecule has 0 bridgehead atoms. The number of anilines is 1. The molecular weight excluding hydrogens is 228 g/mol. The van der Waals surface area contributed by atoms with Gasteiger partial charge in [-0.1, -0.05) is 0 Å². The zero-order valence-corrected chi connectivity index (χ0v) is 11.0. The van der Waals surface area contributed by atoms with Gasteiger partial charge in [0.1, 0.15) is 0 Å². The predicted molar refractivity (Wildman–Crippen MR) is 70.3 cm³/mol. The third kappa shape index (κ3) is 3.18. The first-order valence-electron chi connectivity index (χ1n) is 6.40. The number of rotatable bonds is 3. The molecule has 1 amide bonds. The Balaban J connectivity index is 1.98. The van der Waals surface area contributed by atoms with Crippen LogP contribution < -0.4 is 10.6 Å². The van der Waals surface area contributed by atoms with Gasteiger partial charge in [0.15, 0.2) is 0 Å². The summed E-state index contributed by atoms with van der Waals surface area (Å²) in [7, 11) is 0. The van der Waals surface area contributed by atoms with Gasteiger partial charge in [-0.05, 0) is 38.7 Å². The molecule has 0 aromatic carbocycles. The average Bonchev–Trinajstić information content (AvgIpc) is 2.27. The fourth-order valence-corrected chi connectivity index (χ4v) is 2.47. The summed E-state index contributed by atoms with van der Waals surface area (Å²) in [4.78, 5) is 22.0. The number of nitrogens with two attached hydrogens (primary N) is 1. The number of carbonyl (C=O) groups is 1. The maximum absolute atomic E-state index is 10.9. The molecule has 18 heavy (non-hydrogen) atoms. The maximum Gasteiger partial charge on any atom is 0.225 e. The van der Waals surface area contributed by atoms with Crippen LogP contribution in [0.4, 0.5) is 5.95 Å². The van der Waals surface area contributed by atoms with E-state index in [-0.39, 0.29) is 5.91 Å². The van der Waals surface area contributed by atoms with Gasteiger partial charge >= 0.3 is 0 Å². The largest absolute Gasteiger partial charge is 0.370 e. The van der Waals surface area contributed by atoms with Gasteiger partial charge in [-0.3, -0.25) is 4.79 Å². The van der Waals surface area contributed by atoms with Crippen LogP contribution in [0.25, 0.3) is 0 Å². The smallest absolute Gasteiger partial charge is 0.225 e. The van der Waals surface area contributed by atoms with Crippen molar-refractivity contribution >= 4 is 11.9 Å². The van der Waals surface area contributed by atoms with Gasteiger partial charge in [-0.2, -0.15) is 0 Å². The highest BCUT2D eigenvalue weighted by atomic mass is 16.1. The van der Waals surface area contributed by atoms with E-state index < -0.39 is 0 Å². The van der Waals surface area contributed by atoms with Crippen molar-refractivity contribution in [3.8, 4) is 0 Å². The van der Waals surface area contributed by atoms with Crippen LogP contribution in [0.5, 0.6) is 0 Å². The Morgan fingerprint density at radius 1 is 1.33 bits per heavy atom. The van der Waals surface area contributed by atoms with Gasteiger partial charge < -0.3 is 10.6 Å². The molecule has 0 radical (unpaired) electrons. The van der Waals surface area contributed by atoms with E-state index in [0.29, 0.717) is 12.3 Å². The fourth-order valence-electron chi connectivity index (χ4n) is 2.47. The van der Waals surface area contributed by atoms with Crippen LogP contribution in [0, 0.1) is 19.8 Å². The summed E-state index contributed by atoms with van der Waals surface area (Å²) < 4.78 is 0. The molecule has 0 saturated carbocycles. The van der Waals surface area contributed by atoms with E-state index in [9.17, 15) is 4.79 Å². The molecule has 0 spiro atoms. The molecular formula is C13H20N4O. The molecule has 1 aromatic rings. The van der Waals surface area contributed by atoms with Crippen molar-refractivity contribution < 1.29 is 4.79 Å². The van der Waals surface area contributed by atoms with Crippen molar-refractivity contribution in [1.29, 1.82) is 0 Å². The number of primary amides is 1. The second-order valence-electron chi connectivity index (χ2n) is 5.05. The van der Waals surface area contributed by atoms with Crippen molar-refractivity contribution in [2.75, 3.05) is 18.0 Å². The maximum atomic E-state index is 10.9. The normalized spacial score (nSPS) is 16.9. The van der Waals surface area contributed by atoms with Crippen LogP contribution in [0.3, 0.4) is 0 Å². The van der Waals surface area contributed by atoms with Crippen LogP contribution in [-0.2, 0) is 4.79 Å². The van der Waals surface area contributed by atoms with Gasteiger partial charge in [0.25, 0.3) is 0 Å². The first kappa shape index (κ1) is 12.8. The first-order chi connectivity index (χ1) is 8.54. The Labute approximate surface area is 107 Å². The van der Waals surface area contributed by atoms with Crippen LogP contribution >= 0.6 is 0 Å². The molecule has 98 valence electrons.